The smallest absolute Gasteiger partial charge is 0.143 e. The molecular formula is C16H24BrF2N. The summed E-state index contributed by atoms with van der Waals surface area (Å²) >= 11 is 3.13. The van der Waals surface area contributed by atoms with Gasteiger partial charge in [-0.2, -0.15) is 0 Å². The topological polar surface area (TPSA) is 12.0 Å². The van der Waals surface area contributed by atoms with E-state index in [9.17, 15) is 8.78 Å². The summed E-state index contributed by atoms with van der Waals surface area (Å²) in [7, 11) is 0. The van der Waals surface area contributed by atoms with E-state index in [0.29, 0.717) is 22.7 Å². The van der Waals surface area contributed by atoms with Gasteiger partial charge in [-0.25, -0.2) is 8.78 Å². The number of hydrogen-bond donors (Lipinski definition) is 1. The van der Waals surface area contributed by atoms with Crippen LogP contribution in [0.3, 0.4) is 0 Å². The first-order chi connectivity index (χ1) is 9.38. The van der Waals surface area contributed by atoms with Crippen molar-refractivity contribution in [3.05, 3.63) is 33.8 Å². The molecule has 2 unspecified atom stereocenters. The van der Waals surface area contributed by atoms with Crippen LogP contribution in [0, 0.1) is 23.5 Å². The molecule has 1 rings (SSSR count). The second kappa shape index (κ2) is 8.08. The number of halogens is 3. The summed E-state index contributed by atoms with van der Waals surface area (Å²) in [6.07, 6.45) is 1.38. The molecule has 0 aliphatic heterocycles. The SMILES string of the molecule is CCCNC(Cc1c(F)ccc(Br)c1F)C(C)C(C)C. The zero-order valence-corrected chi connectivity index (χ0v) is 14.2. The molecular weight excluding hydrogens is 324 g/mol. The van der Waals surface area contributed by atoms with Gasteiger partial charge in [0.2, 0.25) is 0 Å². The third-order valence-electron chi connectivity index (χ3n) is 3.91. The standard InChI is InChI=1S/C16H24BrF2N/c1-5-8-20-15(11(4)10(2)3)9-12-14(18)7-6-13(17)16(12)19/h6-7,10-11,15,20H,5,8-9H2,1-4H3. The van der Waals surface area contributed by atoms with Gasteiger partial charge in [0.25, 0.3) is 0 Å². The summed E-state index contributed by atoms with van der Waals surface area (Å²) in [5, 5.41) is 3.42. The maximum absolute atomic E-state index is 14.1. The lowest BCUT2D eigenvalue weighted by Gasteiger charge is -2.28. The molecule has 0 radical (unpaired) electrons. The normalized spacial score (nSPS) is 14.6. The molecule has 4 heteroatoms. The molecule has 0 spiro atoms. The Morgan fingerprint density at radius 3 is 2.40 bits per heavy atom. The predicted molar refractivity (Wildman–Crippen MR) is 83.8 cm³/mol. The molecule has 0 amide bonds. The van der Waals surface area contributed by atoms with Gasteiger partial charge in [0.15, 0.2) is 0 Å². The Morgan fingerprint density at radius 1 is 1.20 bits per heavy atom. The van der Waals surface area contributed by atoms with E-state index < -0.39 is 11.6 Å². The summed E-state index contributed by atoms with van der Waals surface area (Å²) in [6.45, 7) is 9.35. The van der Waals surface area contributed by atoms with E-state index >= 15 is 0 Å². The van der Waals surface area contributed by atoms with E-state index in [1.54, 1.807) is 0 Å². The molecule has 20 heavy (non-hydrogen) atoms. The van der Waals surface area contributed by atoms with Crippen LogP contribution in [0.15, 0.2) is 16.6 Å². The average molecular weight is 348 g/mol. The van der Waals surface area contributed by atoms with Gasteiger partial charge in [-0.05, 0) is 59.3 Å². The van der Waals surface area contributed by atoms with E-state index in [1.807, 2.05) is 0 Å². The number of hydrogen-bond acceptors (Lipinski definition) is 1. The first kappa shape index (κ1) is 17.6. The van der Waals surface area contributed by atoms with Crippen molar-refractivity contribution in [2.75, 3.05) is 6.54 Å². The molecule has 1 N–H and O–H groups in total. The molecule has 1 nitrogen and oxygen atoms in total. The van der Waals surface area contributed by atoms with Crippen molar-refractivity contribution in [3.8, 4) is 0 Å². The summed E-state index contributed by atoms with van der Waals surface area (Å²) in [6, 6.07) is 2.81. The van der Waals surface area contributed by atoms with Crippen molar-refractivity contribution < 1.29 is 8.78 Å². The van der Waals surface area contributed by atoms with E-state index in [0.717, 1.165) is 13.0 Å². The van der Waals surface area contributed by atoms with Crippen molar-refractivity contribution in [2.24, 2.45) is 11.8 Å². The minimum atomic E-state index is -0.482. The van der Waals surface area contributed by atoms with Crippen LogP contribution in [0.2, 0.25) is 0 Å². The molecule has 0 heterocycles. The summed E-state index contributed by atoms with van der Waals surface area (Å²) < 4.78 is 28.3. The van der Waals surface area contributed by atoms with Gasteiger partial charge in [0, 0.05) is 11.6 Å². The van der Waals surface area contributed by atoms with E-state index in [-0.39, 0.29) is 11.6 Å². The minimum absolute atomic E-state index is 0.0771. The Balaban J connectivity index is 2.97. The second-order valence-electron chi connectivity index (χ2n) is 5.69. The quantitative estimate of drug-likeness (QED) is 0.689. The Morgan fingerprint density at radius 2 is 1.85 bits per heavy atom. The van der Waals surface area contributed by atoms with Gasteiger partial charge in [0.05, 0.1) is 4.47 Å². The Hall–Kier alpha value is -0.480. The van der Waals surface area contributed by atoms with Crippen LogP contribution in [-0.2, 0) is 6.42 Å². The fraction of sp³-hybridized carbons (Fsp3) is 0.625. The number of benzene rings is 1. The third-order valence-corrected chi connectivity index (χ3v) is 4.52. The molecule has 0 fully saturated rings. The highest BCUT2D eigenvalue weighted by Crippen LogP contribution is 2.25. The first-order valence-electron chi connectivity index (χ1n) is 7.24. The van der Waals surface area contributed by atoms with Gasteiger partial charge in [-0.1, -0.05) is 27.7 Å². The molecule has 114 valence electrons. The molecule has 0 aliphatic rings. The van der Waals surface area contributed by atoms with Gasteiger partial charge < -0.3 is 5.32 Å². The summed E-state index contributed by atoms with van der Waals surface area (Å²) in [5.74, 6) is -0.142. The zero-order valence-electron chi connectivity index (χ0n) is 12.6. The number of rotatable bonds is 7. The van der Waals surface area contributed by atoms with Crippen LogP contribution in [0.5, 0.6) is 0 Å². The zero-order chi connectivity index (χ0) is 15.3. The van der Waals surface area contributed by atoms with Crippen molar-refractivity contribution in [1.82, 2.24) is 5.32 Å². The summed E-state index contributed by atoms with van der Waals surface area (Å²) in [4.78, 5) is 0. The molecule has 1 aromatic rings. The van der Waals surface area contributed by atoms with E-state index in [1.165, 1.54) is 12.1 Å². The molecule has 0 aromatic heterocycles. The summed E-state index contributed by atoms with van der Waals surface area (Å²) in [5.41, 5.74) is 0.167. The maximum Gasteiger partial charge on any atom is 0.143 e. The number of nitrogens with one attached hydrogen (secondary N) is 1. The highest BCUT2D eigenvalue weighted by atomic mass is 79.9. The van der Waals surface area contributed by atoms with Crippen molar-refractivity contribution in [1.29, 1.82) is 0 Å². The fourth-order valence-electron chi connectivity index (χ4n) is 2.21. The van der Waals surface area contributed by atoms with Crippen LogP contribution in [0.1, 0.15) is 39.7 Å². The van der Waals surface area contributed by atoms with Gasteiger partial charge in [-0.15, -0.1) is 0 Å². The van der Waals surface area contributed by atoms with Crippen LogP contribution in [-0.4, -0.2) is 12.6 Å². The molecule has 0 bridgehead atoms. The van der Waals surface area contributed by atoms with Gasteiger partial charge in [-0.3, -0.25) is 0 Å². The highest BCUT2D eigenvalue weighted by Gasteiger charge is 2.23. The second-order valence-corrected chi connectivity index (χ2v) is 6.54. The average Bonchev–Trinajstić information content (AvgIpc) is 2.41. The van der Waals surface area contributed by atoms with Crippen LogP contribution < -0.4 is 5.32 Å². The maximum atomic E-state index is 14.1. The monoisotopic (exact) mass is 347 g/mol. The predicted octanol–water partition coefficient (Wildman–Crippen LogP) is 4.93. The molecule has 2 atom stereocenters. The largest absolute Gasteiger partial charge is 0.313 e. The third kappa shape index (κ3) is 4.52. The van der Waals surface area contributed by atoms with Crippen molar-refractivity contribution >= 4 is 15.9 Å². The fourth-order valence-corrected chi connectivity index (χ4v) is 2.59. The molecule has 0 aliphatic carbocycles. The highest BCUT2D eigenvalue weighted by molar-refractivity contribution is 9.10. The van der Waals surface area contributed by atoms with Crippen molar-refractivity contribution in [2.45, 2.75) is 46.6 Å². The van der Waals surface area contributed by atoms with Crippen molar-refractivity contribution in [3.63, 3.8) is 0 Å². The van der Waals surface area contributed by atoms with E-state index in [4.69, 9.17) is 0 Å². The van der Waals surface area contributed by atoms with Gasteiger partial charge in [0.1, 0.15) is 11.6 Å². The minimum Gasteiger partial charge on any atom is -0.313 e. The lowest BCUT2D eigenvalue weighted by molar-refractivity contribution is 0.292. The van der Waals surface area contributed by atoms with Gasteiger partial charge >= 0.3 is 0 Å². The van der Waals surface area contributed by atoms with Crippen LogP contribution in [0.25, 0.3) is 0 Å². The lowest BCUT2D eigenvalue weighted by Crippen LogP contribution is -2.40. The Labute approximate surface area is 129 Å². The lowest BCUT2D eigenvalue weighted by atomic mass is 9.86. The van der Waals surface area contributed by atoms with Crippen LogP contribution in [0.4, 0.5) is 8.78 Å². The Bertz CT molecular complexity index is 435. The molecule has 0 saturated heterocycles. The van der Waals surface area contributed by atoms with E-state index in [2.05, 4.69) is 48.9 Å². The molecule has 0 saturated carbocycles. The van der Waals surface area contributed by atoms with Crippen LogP contribution >= 0.6 is 15.9 Å². The first-order valence-corrected chi connectivity index (χ1v) is 8.03. The Kier molecular flexibility index (Phi) is 7.10. The molecule has 1 aromatic carbocycles.